The molecular weight excluding hydrogens is 329 g/mol. The average molecular weight is 348 g/mol. The molecular formula is C18H19BrFN. The lowest BCUT2D eigenvalue weighted by Crippen LogP contribution is -2.31. The molecule has 2 aromatic carbocycles. The van der Waals surface area contributed by atoms with E-state index >= 15 is 0 Å². The molecule has 3 rings (SSSR count). The summed E-state index contributed by atoms with van der Waals surface area (Å²) in [6.07, 6.45) is 1.06. The third-order valence-electron chi connectivity index (χ3n) is 4.30. The molecule has 0 aliphatic heterocycles. The third kappa shape index (κ3) is 2.90. The van der Waals surface area contributed by atoms with Gasteiger partial charge in [0.05, 0.1) is 0 Å². The van der Waals surface area contributed by atoms with Gasteiger partial charge in [0.15, 0.2) is 0 Å². The van der Waals surface area contributed by atoms with Gasteiger partial charge >= 0.3 is 0 Å². The van der Waals surface area contributed by atoms with E-state index in [2.05, 4.69) is 59.4 Å². The molecule has 0 amide bonds. The van der Waals surface area contributed by atoms with Gasteiger partial charge in [-0.15, -0.1) is 0 Å². The van der Waals surface area contributed by atoms with Crippen molar-refractivity contribution in [2.45, 2.75) is 32.9 Å². The first-order valence-electron chi connectivity index (χ1n) is 7.22. The number of rotatable bonds is 3. The lowest BCUT2D eigenvalue weighted by molar-refractivity contribution is 0.267. The average Bonchev–Trinajstić information content (AvgIpc) is 2.69. The molecule has 0 spiro atoms. The number of fused-ring (bicyclic) bond motifs is 1. The van der Waals surface area contributed by atoms with Crippen LogP contribution in [-0.4, -0.2) is 0 Å². The second kappa shape index (κ2) is 5.54. The molecule has 1 atom stereocenters. The minimum absolute atomic E-state index is 0.145. The van der Waals surface area contributed by atoms with Crippen molar-refractivity contribution in [3.63, 3.8) is 0 Å². The third-order valence-corrected chi connectivity index (χ3v) is 4.79. The van der Waals surface area contributed by atoms with Crippen LogP contribution < -0.4 is 5.32 Å². The van der Waals surface area contributed by atoms with Crippen LogP contribution in [0.5, 0.6) is 0 Å². The molecule has 0 aromatic heterocycles. The van der Waals surface area contributed by atoms with E-state index in [9.17, 15) is 4.39 Å². The summed E-state index contributed by atoms with van der Waals surface area (Å²) in [5, 5.41) is 3.55. The molecule has 0 fully saturated rings. The van der Waals surface area contributed by atoms with Crippen molar-refractivity contribution in [1.29, 1.82) is 0 Å². The molecule has 0 saturated heterocycles. The Morgan fingerprint density at radius 2 is 2.00 bits per heavy atom. The van der Waals surface area contributed by atoms with E-state index in [4.69, 9.17) is 0 Å². The molecule has 1 nitrogen and oxygen atoms in total. The SMILES string of the molecule is CC1(C)Cc2ccccc2C1NCc1cc(Br)ccc1F. The number of hydrogen-bond acceptors (Lipinski definition) is 1. The van der Waals surface area contributed by atoms with Gasteiger partial charge in [-0.25, -0.2) is 4.39 Å². The minimum Gasteiger partial charge on any atom is -0.305 e. The molecule has 3 heteroatoms. The maximum absolute atomic E-state index is 13.9. The predicted molar refractivity (Wildman–Crippen MR) is 87.6 cm³/mol. The van der Waals surface area contributed by atoms with Crippen molar-refractivity contribution >= 4 is 15.9 Å². The molecule has 1 aliphatic carbocycles. The fourth-order valence-electron chi connectivity index (χ4n) is 3.27. The van der Waals surface area contributed by atoms with Gasteiger partial charge in [0.25, 0.3) is 0 Å². The molecule has 1 aliphatic rings. The van der Waals surface area contributed by atoms with E-state index in [-0.39, 0.29) is 17.3 Å². The van der Waals surface area contributed by atoms with E-state index in [1.54, 1.807) is 6.07 Å². The molecule has 0 saturated carbocycles. The van der Waals surface area contributed by atoms with Gasteiger partial charge in [0, 0.05) is 22.6 Å². The summed E-state index contributed by atoms with van der Waals surface area (Å²) in [6.45, 7) is 5.07. The minimum atomic E-state index is -0.158. The van der Waals surface area contributed by atoms with Gasteiger partial charge in [-0.2, -0.15) is 0 Å². The highest BCUT2D eigenvalue weighted by Gasteiger charge is 2.38. The van der Waals surface area contributed by atoms with Crippen molar-refractivity contribution in [2.24, 2.45) is 5.41 Å². The van der Waals surface area contributed by atoms with Crippen LogP contribution in [0.25, 0.3) is 0 Å². The van der Waals surface area contributed by atoms with Gasteiger partial charge < -0.3 is 5.32 Å². The first kappa shape index (κ1) is 14.7. The first-order valence-corrected chi connectivity index (χ1v) is 8.02. The Hall–Kier alpha value is -1.19. The van der Waals surface area contributed by atoms with Crippen LogP contribution in [0.4, 0.5) is 4.39 Å². The van der Waals surface area contributed by atoms with Crippen LogP contribution >= 0.6 is 15.9 Å². The number of benzene rings is 2. The van der Waals surface area contributed by atoms with Crippen molar-refractivity contribution < 1.29 is 4.39 Å². The molecule has 0 bridgehead atoms. The van der Waals surface area contributed by atoms with Crippen LogP contribution in [0, 0.1) is 11.2 Å². The van der Waals surface area contributed by atoms with Crippen molar-refractivity contribution in [3.8, 4) is 0 Å². The molecule has 1 N–H and O–H groups in total. The molecule has 0 radical (unpaired) electrons. The Labute approximate surface area is 133 Å². The predicted octanol–water partition coefficient (Wildman–Crippen LogP) is 5.00. The van der Waals surface area contributed by atoms with Crippen LogP contribution in [0.3, 0.4) is 0 Å². The van der Waals surface area contributed by atoms with Gasteiger partial charge in [-0.1, -0.05) is 54.0 Å². The number of halogens is 2. The summed E-state index contributed by atoms with van der Waals surface area (Å²) in [5.41, 5.74) is 3.59. The Morgan fingerprint density at radius 1 is 1.24 bits per heavy atom. The lowest BCUT2D eigenvalue weighted by Gasteiger charge is -2.29. The van der Waals surface area contributed by atoms with Crippen LogP contribution in [0.2, 0.25) is 0 Å². The van der Waals surface area contributed by atoms with Crippen molar-refractivity contribution in [2.75, 3.05) is 0 Å². The summed E-state index contributed by atoms with van der Waals surface area (Å²) < 4.78 is 14.8. The van der Waals surface area contributed by atoms with E-state index < -0.39 is 0 Å². The summed E-state index contributed by atoms with van der Waals surface area (Å²) in [6, 6.07) is 13.9. The highest BCUT2D eigenvalue weighted by molar-refractivity contribution is 9.10. The van der Waals surface area contributed by atoms with Crippen LogP contribution in [0.1, 0.15) is 36.6 Å². The summed E-state index contributed by atoms with van der Waals surface area (Å²) >= 11 is 3.40. The zero-order chi connectivity index (χ0) is 15.0. The van der Waals surface area contributed by atoms with E-state index in [1.807, 2.05) is 6.07 Å². The van der Waals surface area contributed by atoms with Crippen molar-refractivity contribution in [3.05, 3.63) is 69.4 Å². The molecule has 2 aromatic rings. The molecule has 0 heterocycles. The maximum atomic E-state index is 13.9. The van der Waals surface area contributed by atoms with Crippen LogP contribution in [0.15, 0.2) is 46.9 Å². The summed E-state index contributed by atoms with van der Waals surface area (Å²) in [7, 11) is 0. The number of nitrogens with one attached hydrogen (secondary N) is 1. The smallest absolute Gasteiger partial charge is 0.127 e. The molecule has 21 heavy (non-hydrogen) atoms. The van der Waals surface area contributed by atoms with E-state index in [0.717, 1.165) is 10.9 Å². The lowest BCUT2D eigenvalue weighted by atomic mass is 9.85. The Balaban J connectivity index is 1.83. The van der Waals surface area contributed by atoms with Gasteiger partial charge in [-0.3, -0.25) is 0 Å². The van der Waals surface area contributed by atoms with Crippen molar-refractivity contribution in [1.82, 2.24) is 5.32 Å². The van der Waals surface area contributed by atoms with E-state index in [1.165, 1.54) is 17.2 Å². The Bertz CT molecular complexity index is 666. The fraction of sp³-hybridized carbons (Fsp3) is 0.333. The second-order valence-corrected chi connectivity index (χ2v) is 7.33. The number of hydrogen-bond donors (Lipinski definition) is 1. The summed E-state index contributed by atoms with van der Waals surface area (Å²) in [5.74, 6) is -0.158. The highest BCUT2D eigenvalue weighted by Crippen LogP contribution is 2.45. The fourth-order valence-corrected chi connectivity index (χ4v) is 3.68. The van der Waals surface area contributed by atoms with Gasteiger partial charge in [0.2, 0.25) is 0 Å². The standard InChI is InChI=1S/C18H19BrFN/c1-18(2)10-12-5-3-4-6-15(12)17(18)21-11-13-9-14(19)7-8-16(13)20/h3-9,17,21H,10-11H2,1-2H3. The highest BCUT2D eigenvalue weighted by atomic mass is 79.9. The maximum Gasteiger partial charge on any atom is 0.127 e. The first-order chi connectivity index (χ1) is 9.97. The Kier molecular flexibility index (Phi) is 3.89. The Morgan fingerprint density at radius 3 is 2.81 bits per heavy atom. The zero-order valence-corrected chi connectivity index (χ0v) is 13.9. The topological polar surface area (TPSA) is 12.0 Å². The van der Waals surface area contributed by atoms with Gasteiger partial charge in [0.1, 0.15) is 5.82 Å². The normalized spacial score (nSPS) is 19.5. The molecule has 1 unspecified atom stereocenters. The van der Waals surface area contributed by atoms with Gasteiger partial charge in [-0.05, 0) is 41.2 Å². The van der Waals surface area contributed by atoms with Crippen LogP contribution in [-0.2, 0) is 13.0 Å². The largest absolute Gasteiger partial charge is 0.305 e. The quantitative estimate of drug-likeness (QED) is 0.823. The summed E-state index contributed by atoms with van der Waals surface area (Å²) in [4.78, 5) is 0. The second-order valence-electron chi connectivity index (χ2n) is 6.41. The zero-order valence-electron chi connectivity index (χ0n) is 12.3. The van der Waals surface area contributed by atoms with E-state index in [0.29, 0.717) is 12.1 Å². The molecule has 110 valence electrons. The monoisotopic (exact) mass is 347 g/mol.